The van der Waals surface area contributed by atoms with E-state index in [0.717, 1.165) is 49.7 Å². The van der Waals surface area contributed by atoms with E-state index in [0.29, 0.717) is 25.3 Å². The number of carbonyl (C=O) groups excluding carboxylic acids is 1. The minimum Gasteiger partial charge on any atom is -0.441 e. The number of benzene rings is 2. The standard InChI is InChI=1S/C26H31N3O3/c1-21(19-28-14-16-31-17-15-28)29(20-22-8-4-2-5-9-22)26(30)13-12-25-27-18-24(32-25)23-10-6-3-7-11-23/h2-11,18,21H,12-17,19-20H2,1H3. The molecular weight excluding hydrogens is 402 g/mol. The predicted molar refractivity (Wildman–Crippen MR) is 124 cm³/mol. The number of hydrogen-bond acceptors (Lipinski definition) is 5. The minimum atomic E-state index is 0.102. The van der Waals surface area contributed by atoms with Gasteiger partial charge in [0.15, 0.2) is 11.7 Å². The summed E-state index contributed by atoms with van der Waals surface area (Å²) >= 11 is 0. The van der Waals surface area contributed by atoms with Gasteiger partial charge in [-0.25, -0.2) is 4.98 Å². The second-order valence-electron chi connectivity index (χ2n) is 8.25. The van der Waals surface area contributed by atoms with Crippen LogP contribution in [0, 0.1) is 0 Å². The average molecular weight is 434 g/mol. The summed E-state index contributed by atoms with van der Waals surface area (Å²) in [7, 11) is 0. The van der Waals surface area contributed by atoms with Crippen LogP contribution in [0.3, 0.4) is 0 Å². The van der Waals surface area contributed by atoms with Crippen LogP contribution in [0.5, 0.6) is 0 Å². The molecule has 1 unspecified atom stereocenters. The van der Waals surface area contributed by atoms with E-state index in [-0.39, 0.29) is 11.9 Å². The highest BCUT2D eigenvalue weighted by atomic mass is 16.5. The van der Waals surface area contributed by atoms with Gasteiger partial charge in [-0.3, -0.25) is 9.69 Å². The monoisotopic (exact) mass is 433 g/mol. The summed E-state index contributed by atoms with van der Waals surface area (Å²) in [5, 5.41) is 0. The summed E-state index contributed by atoms with van der Waals surface area (Å²) in [5.74, 6) is 1.45. The first kappa shape index (κ1) is 22.2. The second-order valence-corrected chi connectivity index (χ2v) is 8.25. The molecule has 1 saturated heterocycles. The van der Waals surface area contributed by atoms with Crippen molar-refractivity contribution in [1.82, 2.24) is 14.8 Å². The van der Waals surface area contributed by atoms with E-state index in [1.165, 1.54) is 0 Å². The topological polar surface area (TPSA) is 58.8 Å². The maximum atomic E-state index is 13.3. The van der Waals surface area contributed by atoms with Gasteiger partial charge in [0.1, 0.15) is 0 Å². The molecule has 0 saturated carbocycles. The molecular formula is C26H31N3O3. The number of aromatic nitrogens is 1. The molecule has 0 radical (unpaired) electrons. The fraction of sp³-hybridized carbons (Fsp3) is 0.385. The molecule has 0 bridgehead atoms. The number of ether oxygens (including phenoxy) is 1. The molecule has 1 atom stereocenters. The molecule has 3 aromatic rings. The van der Waals surface area contributed by atoms with Gasteiger partial charge in [0.05, 0.1) is 19.4 Å². The Morgan fingerprint density at radius 3 is 2.47 bits per heavy atom. The minimum absolute atomic E-state index is 0.102. The lowest BCUT2D eigenvalue weighted by Crippen LogP contribution is -2.48. The van der Waals surface area contributed by atoms with Crippen LogP contribution in [0.2, 0.25) is 0 Å². The lowest BCUT2D eigenvalue weighted by atomic mass is 10.1. The van der Waals surface area contributed by atoms with E-state index in [4.69, 9.17) is 9.15 Å². The zero-order chi connectivity index (χ0) is 22.2. The van der Waals surface area contributed by atoms with Gasteiger partial charge in [0.2, 0.25) is 5.91 Å². The van der Waals surface area contributed by atoms with E-state index in [1.54, 1.807) is 6.20 Å². The largest absolute Gasteiger partial charge is 0.441 e. The van der Waals surface area contributed by atoms with Gasteiger partial charge in [-0.05, 0) is 12.5 Å². The second kappa shape index (κ2) is 11.1. The van der Waals surface area contributed by atoms with Crippen molar-refractivity contribution < 1.29 is 13.9 Å². The quantitative estimate of drug-likeness (QED) is 0.510. The predicted octanol–water partition coefficient (Wildman–Crippen LogP) is 4.02. The molecule has 6 nitrogen and oxygen atoms in total. The Hall–Kier alpha value is -2.96. The SMILES string of the molecule is CC(CN1CCOCC1)N(Cc1ccccc1)C(=O)CCc1ncc(-c2ccccc2)o1. The molecule has 1 aromatic heterocycles. The molecule has 6 heteroatoms. The highest BCUT2D eigenvalue weighted by Gasteiger charge is 2.24. The van der Waals surface area contributed by atoms with Crippen LogP contribution in [-0.2, 0) is 22.5 Å². The van der Waals surface area contributed by atoms with Crippen LogP contribution in [0.15, 0.2) is 71.3 Å². The van der Waals surface area contributed by atoms with Crippen molar-refractivity contribution in [3.63, 3.8) is 0 Å². The first-order valence-corrected chi connectivity index (χ1v) is 11.3. The van der Waals surface area contributed by atoms with Gasteiger partial charge in [0.25, 0.3) is 0 Å². The molecule has 1 fully saturated rings. The zero-order valence-corrected chi connectivity index (χ0v) is 18.7. The molecule has 0 N–H and O–H groups in total. The van der Waals surface area contributed by atoms with Gasteiger partial charge in [0, 0.05) is 50.6 Å². The van der Waals surface area contributed by atoms with Crippen LogP contribution >= 0.6 is 0 Å². The number of rotatable bonds is 9. The maximum Gasteiger partial charge on any atom is 0.223 e. The highest BCUT2D eigenvalue weighted by molar-refractivity contribution is 5.76. The third-order valence-corrected chi connectivity index (χ3v) is 5.84. The van der Waals surface area contributed by atoms with Crippen molar-refractivity contribution in [2.75, 3.05) is 32.8 Å². The van der Waals surface area contributed by atoms with Crippen molar-refractivity contribution in [3.8, 4) is 11.3 Å². The molecule has 168 valence electrons. The summed E-state index contributed by atoms with van der Waals surface area (Å²) in [6.45, 7) is 6.92. The molecule has 0 spiro atoms. The first-order valence-electron chi connectivity index (χ1n) is 11.3. The molecule has 2 aromatic carbocycles. The maximum absolute atomic E-state index is 13.3. The third-order valence-electron chi connectivity index (χ3n) is 5.84. The molecule has 32 heavy (non-hydrogen) atoms. The Bertz CT molecular complexity index is 968. The van der Waals surface area contributed by atoms with Gasteiger partial charge in [-0.15, -0.1) is 0 Å². The van der Waals surface area contributed by atoms with Crippen LogP contribution in [0.4, 0.5) is 0 Å². The first-order chi connectivity index (χ1) is 15.7. The molecule has 2 heterocycles. The normalized spacial score (nSPS) is 15.4. The lowest BCUT2D eigenvalue weighted by Gasteiger charge is -2.35. The Morgan fingerprint density at radius 2 is 1.75 bits per heavy atom. The van der Waals surface area contributed by atoms with Crippen LogP contribution < -0.4 is 0 Å². The number of morpholine rings is 1. The number of hydrogen-bond donors (Lipinski definition) is 0. The van der Waals surface area contributed by atoms with Crippen molar-refractivity contribution in [2.45, 2.75) is 32.4 Å². The highest BCUT2D eigenvalue weighted by Crippen LogP contribution is 2.21. The van der Waals surface area contributed by atoms with E-state index in [1.807, 2.05) is 53.4 Å². The number of carbonyl (C=O) groups is 1. The summed E-state index contributed by atoms with van der Waals surface area (Å²) < 4.78 is 11.4. The molecule has 1 aliphatic heterocycles. The fourth-order valence-corrected chi connectivity index (χ4v) is 4.05. The molecule has 1 amide bonds. The van der Waals surface area contributed by atoms with E-state index >= 15 is 0 Å². The van der Waals surface area contributed by atoms with Gasteiger partial charge >= 0.3 is 0 Å². The lowest BCUT2D eigenvalue weighted by molar-refractivity contribution is -0.134. The summed E-state index contributed by atoms with van der Waals surface area (Å²) in [5.41, 5.74) is 2.12. The molecule has 1 aliphatic rings. The van der Waals surface area contributed by atoms with Crippen molar-refractivity contribution in [2.24, 2.45) is 0 Å². The zero-order valence-electron chi connectivity index (χ0n) is 18.7. The van der Waals surface area contributed by atoms with Crippen molar-refractivity contribution in [3.05, 3.63) is 78.3 Å². The smallest absolute Gasteiger partial charge is 0.223 e. The molecule has 0 aliphatic carbocycles. The van der Waals surface area contributed by atoms with Gasteiger partial charge < -0.3 is 14.1 Å². The third kappa shape index (κ3) is 6.05. The number of oxazole rings is 1. The van der Waals surface area contributed by atoms with E-state index < -0.39 is 0 Å². The van der Waals surface area contributed by atoms with E-state index in [9.17, 15) is 4.79 Å². The Balaban J connectivity index is 1.40. The summed E-state index contributed by atoms with van der Waals surface area (Å²) in [4.78, 5) is 22.0. The van der Waals surface area contributed by atoms with Crippen LogP contribution in [0.1, 0.15) is 24.8 Å². The van der Waals surface area contributed by atoms with Gasteiger partial charge in [-0.2, -0.15) is 0 Å². The number of amides is 1. The van der Waals surface area contributed by atoms with E-state index in [2.05, 4.69) is 28.9 Å². The van der Waals surface area contributed by atoms with Crippen molar-refractivity contribution >= 4 is 5.91 Å². The fourth-order valence-electron chi connectivity index (χ4n) is 4.05. The molecule has 4 rings (SSSR count). The van der Waals surface area contributed by atoms with Gasteiger partial charge in [-0.1, -0.05) is 60.7 Å². The van der Waals surface area contributed by atoms with Crippen molar-refractivity contribution in [1.29, 1.82) is 0 Å². The Morgan fingerprint density at radius 1 is 1.06 bits per heavy atom. The van der Waals surface area contributed by atoms with Crippen LogP contribution in [-0.4, -0.2) is 59.6 Å². The summed E-state index contributed by atoms with van der Waals surface area (Å²) in [6, 6.07) is 20.2. The summed E-state index contributed by atoms with van der Waals surface area (Å²) in [6.07, 6.45) is 2.59. The Labute approximate surface area is 189 Å². The van der Waals surface area contributed by atoms with Crippen LogP contribution in [0.25, 0.3) is 11.3 Å². The number of aryl methyl sites for hydroxylation is 1. The number of nitrogens with zero attached hydrogens (tertiary/aromatic N) is 3. The Kier molecular flexibility index (Phi) is 7.69. The average Bonchev–Trinajstić information content (AvgIpc) is 3.32.